The Hall–Kier alpha value is 0.180. The van der Waals surface area contributed by atoms with Crippen molar-refractivity contribution in [2.24, 2.45) is 4.99 Å². The second-order valence-electron chi connectivity index (χ2n) is 1.49. The van der Waals surface area contributed by atoms with Gasteiger partial charge in [-0.05, 0) is 17.0 Å². The van der Waals surface area contributed by atoms with Gasteiger partial charge in [0.05, 0.1) is 0 Å². The number of hydrogen-bond donors (Lipinski definition) is 0. The summed E-state index contributed by atoms with van der Waals surface area (Å²) < 4.78 is 1.07. The minimum Gasteiger partial charge on any atom is -0.277 e. The van der Waals surface area contributed by atoms with E-state index in [4.69, 9.17) is 11.6 Å². The molecule has 0 aromatic rings. The number of nitrogens with zero attached hydrogens (tertiary/aromatic N) is 1. The van der Waals surface area contributed by atoms with Gasteiger partial charge in [0.2, 0.25) is 0 Å². The fourth-order valence-electron chi connectivity index (χ4n) is 0.296. The molecule has 0 aliphatic rings. The number of hydrogen-bond acceptors (Lipinski definition) is 1. The fraction of sp³-hybridized carbons (Fsp3) is 0.500. The predicted molar refractivity (Wildman–Crippen MR) is 46.5 cm³/mol. The van der Waals surface area contributed by atoms with E-state index in [1.165, 1.54) is 0 Å². The maximum absolute atomic E-state index is 5.58. The Morgan fingerprint density at radius 3 is 2.67 bits per heavy atom. The molecule has 0 heterocycles. The molecule has 1 nitrogen and oxygen atoms in total. The van der Waals surface area contributed by atoms with Crippen LogP contribution in [0.5, 0.6) is 0 Å². The van der Waals surface area contributed by atoms with Gasteiger partial charge >= 0.3 is 0 Å². The summed E-state index contributed by atoms with van der Waals surface area (Å²) in [4.78, 5) is 3.75. The van der Waals surface area contributed by atoms with Crippen LogP contribution >= 0.6 is 27.5 Å². The Morgan fingerprint density at radius 2 is 2.33 bits per heavy atom. The molecule has 0 aliphatic heterocycles. The molecule has 0 saturated heterocycles. The van der Waals surface area contributed by atoms with Crippen molar-refractivity contribution in [2.45, 2.75) is 13.3 Å². The second kappa shape index (κ2) is 5.00. The van der Waals surface area contributed by atoms with Crippen LogP contribution in [0.4, 0.5) is 0 Å². The van der Waals surface area contributed by atoms with Crippen LogP contribution in [0.1, 0.15) is 13.3 Å². The summed E-state index contributed by atoms with van der Waals surface area (Å²) in [7, 11) is 1.66. The maximum Gasteiger partial charge on any atom is 0.124 e. The molecule has 0 atom stereocenters. The first kappa shape index (κ1) is 9.18. The fourth-order valence-corrected chi connectivity index (χ4v) is 0.776. The van der Waals surface area contributed by atoms with Crippen LogP contribution in [0.15, 0.2) is 15.6 Å². The third kappa shape index (κ3) is 4.67. The standard InChI is InChI=1S/C6H9BrClN/c1-3-5(7)4-6(8)9-2/h4H,3H2,1-2H3/b5-4+,9-6?. The lowest BCUT2D eigenvalue weighted by molar-refractivity contribution is 1.21. The Bertz CT molecular complexity index is 140. The quantitative estimate of drug-likeness (QED) is 0.622. The monoisotopic (exact) mass is 209 g/mol. The molecule has 52 valence electrons. The summed E-state index contributed by atoms with van der Waals surface area (Å²) in [5.41, 5.74) is 0. The molecule has 0 rings (SSSR count). The van der Waals surface area contributed by atoms with E-state index in [-0.39, 0.29) is 0 Å². The SMILES string of the molecule is CC/C(Br)=C\C(Cl)=NC. The molecule has 0 amide bonds. The van der Waals surface area contributed by atoms with E-state index in [1.807, 2.05) is 6.92 Å². The van der Waals surface area contributed by atoms with Crippen LogP contribution in [0.3, 0.4) is 0 Å². The highest BCUT2D eigenvalue weighted by Crippen LogP contribution is 2.09. The molecule has 0 spiro atoms. The molecule has 3 heteroatoms. The van der Waals surface area contributed by atoms with Crippen LogP contribution in [-0.2, 0) is 0 Å². The van der Waals surface area contributed by atoms with E-state index in [9.17, 15) is 0 Å². The van der Waals surface area contributed by atoms with Crippen LogP contribution < -0.4 is 0 Å². The Morgan fingerprint density at radius 1 is 1.78 bits per heavy atom. The molecular weight excluding hydrogens is 201 g/mol. The second-order valence-corrected chi connectivity index (χ2v) is 2.90. The Kier molecular flexibility index (Phi) is 5.10. The highest BCUT2D eigenvalue weighted by atomic mass is 79.9. The molecule has 9 heavy (non-hydrogen) atoms. The zero-order valence-corrected chi connectivity index (χ0v) is 7.83. The van der Waals surface area contributed by atoms with Gasteiger partial charge in [0, 0.05) is 7.05 Å². The summed E-state index contributed by atoms with van der Waals surface area (Å²) in [5, 5.41) is 0.531. The highest BCUT2D eigenvalue weighted by Gasteiger charge is 1.88. The Labute approximate surface area is 68.9 Å². The van der Waals surface area contributed by atoms with Crippen molar-refractivity contribution in [2.75, 3.05) is 7.05 Å². The van der Waals surface area contributed by atoms with Crippen molar-refractivity contribution >= 4 is 32.7 Å². The zero-order chi connectivity index (χ0) is 7.28. The zero-order valence-electron chi connectivity index (χ0n) is 5.49. The normalized spacial score (nSPS) is 14.2. The number of aliphatic imine (C=N–C) groups is 1. The van der Waals surface area contributed by atoms with Crippen LogP contribution in [0, 0.1) is 0 Å². The van der Waals surface area contributed by atoms with E-state index in [2.05, 4.69) is 20.9 Å². The van der Waals surface area contributed by atoms with Gasteiger partial charge in [-0.15, -0.1) is 0 Å². The smallest absolute Gasteiger partial charge is 0.124 e. The molecule has 0 radical (unpaired) electrons. The number of halogens is 2. The topological polar surface area (TPSA) is 12.4 Å². The van der Waals surface area contributed by atoms with E-state index >= 15 is 0 Å². The first-order chi connectivity index (χ1) is 4.20. The minimum absolute atomic E-state index is 0.531. The van der Waals surface area contributed by atoms with Crippen molar-refractivity contribution in [3.63, 3.8) is 0 Å². The maximum atomic E-state index is 5.58. The van der Waals surface area contributed by atoms with Gasteiger partial charge in [-0.25, -0.2) is 0 Å². The molecule has 0 N–H and O–H groups in total. The minimum atomic E-state index is 0.531. The van der Waals surface area contributed by atoms with Crippen molar-refractivity contribution < 1.29 is 0 Å². The largest absolute Gasteiger partial charge is 0.277 e. The molecule has 0 aliphatic carbocycles. The lowest BCUT2D eigenvalue weighted by atomic mass is 10.4. The third-order valence-electron chi connectivity index (χ3n) is 0.827. The lowest BCUT2D eigenvalue weighted by Gasteiger charge is -1.88. The summed E-state index contributed by atoms with van der Waals surface area (Å²) in [6, 6.07) is 0. The molecule has 0 aromatic heterocycles. The van der Waals surface area contributed by atoms with Gasteiger partial charge in [0.15, 0.2) is 0 Å². The average molecular weight is 211 g/mol. The van der Waals surface area contributed by atoms with E-state index in [0.717, 1.165) is 10.9 Å². The van der Waals surface area contributed by atoms with Gasteiger partial charge < -0.3 is 0 Å². The number of allylic oxidation sites excluding steroid dienone is 2. The van der Waals surface area contributed by atoms with Gasteiger partial charge in [-0.2, -0.15) is 0 Å². The van der Waals surface area contributed by atoms with Gasteiger partial charge in [-0.1, -0.05) is 34.5 Å². The first-order valence-electron chi connectivity index (χ1n) is 2.69. The summed E-state index contributed by atoms with van der Waals surface area (Å²) in [6.07, 6.45) is 2.74. The van der Waals surface area contributed by atoms with Gasteiger partial charge in [0.25, 0.3) is 0 Å². The van der Waals surface area contributed by atoms with E-state index in [1.54, 1.807) is 13.1 Å². The highest BCUT2D eigenvalue weighted by molar-refractivity contribution is 9.11. The molecule has 0 aromatic carbocycles. The number of rotatable bonds is 2. The third-order valence-corrected chi connectivity index (χ3v) is 1.89. The average Bonchev–Trinajstić information content (AvgIpc) is 1.87. The summed E-state index contributed by atoms with van der Waals surface area (Å²) in [5.74, 6) is 0. The molecule has 0 unspecified atom stereocenters. The van der Waals surface area contributed by atoms with Crippen LogP contribution in [0.2, 0.25) is 0 Å². The molecular formula is C6H9BrClN. The van der Waals surface area contributed by atoms with Gasteiger partial charge in [0.1, 0.15) is 5.17 Å². The molecule has 0 fully saturated rings. The van der Waals surface area contributed by atoms with Crippen molar-refractivity contribution in [1.29, 1.82) is 0 Å². The molecule has 0 saturated carbocycles. The Balaban J connectivity index is 3.95. The van der Waals surface area contributed by atoms with E-state index < -0.39 is 0 Å². The van der Waals surface area contributed by atoms with Crippen molar-refractivity contribution in [3.8, 4) is 0 Å². The predicted octanol–water partition coefficient (Wildman–Crippen LogP) is 2.94. The van der Waals surface area contributed by atoms with Crippen LogP contribution in [0.25, 0.3) is 0 Å². The first-order valence-corrected chi connectivity index (χ1v) is 3.86. The van der Waals surface area contributed by atoms with Crippen molar-refractivity contribution in [1.82, 2.24) is 0 Å². The van der Waals surface area contributed by atoms with Crippen LogP contribution in [-0.4, -0.2) is 12.2 Å². The van der Waals surface area contributed by atoms with Crippen molar-refractivity contribution in [3.05, 3.63) is 10.6 Å². The van der Waals surface area contributed by atoms with Gasteiger partial charge in [-0.3, -0.25) is 4.99 Å². The summed E-state index contributed by atoms with van der Waals surface area (Å²) >= 11 is 8.90. The lowest BCUT2D eigenvalue weighted by Crippen LogP contribution is -1.79. The van der Waals surface area contributed by atoms with E-state index in [0.29, 0.717) is 5.17 Å². The molecule has 0 bridgehead atoms. The summed E-state index contributed by atoms with van der Waals surface area (Å²) in [6.45, 7) is 2.04.